The highest BCUT2D eigenvalue weighted by Gasteiger charge is 2.36. The second-order valence-corrected chi connectivity index (χ2v) is 10.3. The van der Waals surface area contributed by atoms with Crippen LogP contribution in [0.3, 0.4) is 0 Å². The highest BCUT2D eigenvalue weighted by molar-refractivity contribution is 5.79. The van der Waals surface area contributed by atoms with Crippen molar-refractivity contribution in [2.75, 3.05) is 6.61 Å². The van der Waals surface area contributed by atoms with E-state index in [4.69, 9.17) is 0 Å². The van der Waals surface area contributed by atoms with Crippen molar-refractivity contribution >= 4 is 16.8 Å². The standard InChI is InChI=1S/C31H35N3O2/c1-21-7-11-23(12-8-21)19-26(17-18-27(36)20-35)33-28-5-3-4-6-29(28)34(31(33)32)30(25-15-16-25)24-13-9-22(2)10-14-24/h3-14,25-26,30,32,35H,15-20H2,1-2H3/t26-,30?/m1/s1. The summed E-state index contributed by atoms with van der Waals surface area (Å²) in [6.07, 6.45) is 3.94. The Hall–Kier alpha value is -3.44. The normalized spacial score (nSPS) is 15.2. The van der Waals surface area contributed by atoms with Gasteiger partial charge in [0.1, 0.15) is 6.61 Å². The number of hydrogen-bond donors (Lipinski definition) is 2. The molecule has 1 heterocycles. The first-order valence-electron chi connectivity index (χ1n) is 13.0. The zero-order valence-corrected chi connectivity index (χ0v) is 21.2. The SMILES string of the molecule is Cc1ccc(C[C@@H](CCC(=O)CO)n2c(=N)n(C(c3ccc(C)cc3)C3CC3)c3ccccc32)cc1. The maximum absolute atomic E-state index is 12.1. The zero-order valence-electron chi connectivity index (χ0n) is 21.2. The van der Waals surface area contributed by atoms with Crippen LogP contribution in [0.5, 0.6) is 0 Å². The molecule has 0 saturated heterocycles. The average Bonchev–Trinajstić information content (AvgIpc) is 3.68. The Labute approximate surface area is 212 Å². The smallest absolute Gasteiger partial charge is 0.203 e. The minimum Gasteiger partial charge on any atom is -0.389 e. The van der Waals surface area contributed by atoms with Crippen LogP contribution in [0.2, 0.25) is 0 Å². The number of rotatable bonds is 10. The van der Waals surface area contributed by atoms with E-state index < -0.39 is 6.61 Å². The summed E-state index contributed by atoms with van der Waals surface area (Å²) in [7, 11) is 0. The van der Waals surface area contributed by atoms with E-state index >= 15 is 0 Å². The number of aromatic nitrogens is 2. The molecule has 0 radical (unpaired) electrons. The van der Waals surface area contributed by atoms with Crippen molar-refractivity contribution in [3.63, 3.8) is 0 Å². The van der Waals surface area contributed by atoms with E-state index in [9.17, 15) is 15.3 Å². The monoisotopic (exact) mass is 481 g/mol. The Bertz CT molecular complexity index is 1410. The van der Waals surface area contributed by atoms with Crippen molar-refractivity contribution in [2.24, 2.45) is 5.92 Å². The number of Topliss-reactive ketones (excluding diaryl/α,β-unsaturated/α-hetero) is 1. The molecule has 4 aromatic rings. The lowest BCUT2D eigenvalue weighted by Gasteiger charge is -2.22. The molecule has 36 heavy (non-hydrogen) atoms. The van der Waals surface area contributed by atoms with Gasteiger partial charge in [-0.25, -0.2) is 0 Å². The van der Waals surface area contributed by atoms with Crippen LogP contribution < -0.4 is 5.62 Å². The second kappa shape index (κ2) is 10.3. The molecule has 1 aliphatic carbocycles. The number of aliphatic hydroxyl groups is 1. The Morgan fingerprint density at radius 2 is 1.50 bits per heavy atom. The second-order valence-electron chi connectivity index (χ2n) is 10.3. The van der Waals surface area contributed by atoms with Crippen LogP contribution in [-0.2, 0) is 11.2 Å². The van der Waals surface area contributed by atoms with Gasteiger partial charge in [-0.05, 0) is 68.7 Å². The van der Waals surface area contributed by atoms with Gasteiger partial charge in [0.25, 0.3) is 0 Å². The van der Waals surface area contributed by atoms with E-state index in [-0.39, 0.29) is 17.9 Å². The average molecular weight is 482 g/mol. The van der Waals surface area contributed by atoms with Gasteiger partial charge in [0.05, 0.1) is 17.1 Å². The van der Waals surface area contributed by atoms with Crippen LogP contribution in [-0.4, -0.2) is 26.6 Å². The van der Waals surface area contributed by atoms with Crippen molar-refractivity contribution in [3.8, 4) is 0 Å². The van der Waals surface area contributed by atoms with Gasteiger partial charge in [-0.2, -0.15) is 0 Å². The number of imidazole rings is 1. The Morgan fingerprint density at radius 3 is 2.08 bits per heavy atom. The molecule has 1 fully saturated rings. The summed E-state index contributed by atoms with van der Waals surface area (Å²) in [5.74, 6) is 0.364. The number of benzene rings is 3. The third-order valence-corrected chi connectivity index (χ3v) is 7.51. The highest BCUT2D eigenvalue weighted by Crippen LogP contribution is 2.44. The molecule has 2 atom stereocenters. The predicted molar refractivity (Wildman–Crippen MR) is 143 cm³/mol. The molecule has 0 aliphatic heterocycles. The fourth-order valence-electron chi connectivity index (χ4n) is 5.40. The largest absolute Gasteiger partial charge is 0.389 e. The lowest BCUT2D eigenvalue weighted by atomic mass is 9.99. The Kier molecular flexibility index (Phi) is 6.92. The van der Waals surface area contributed by atoms with Gasteiger partial charge in [-0.1, -0.05) is 71.8 Å². The van der Waals surface area contributed by atoms with Gasteiger partial charge in [0.15, 0.2) is 5.78 Å². The zero-order chi connectivity index (χ0) is 25.2. The molecule has 1 unspecified atom stereocenters. The minimum atomic E-state index is -0.436. The van der Waals surface area contributed by atoms with Gasteiger partial charge in [0.2, 0.25) is 5.62 Å². The summed E-state index contributed by atoms with van der Waals surface area (Å²) in [4.78, 5) is 12.1. The van der Waals surface area contributed by atoms with Crippen molar-refractivity contribution in [1.29, 1.82) is 5.41 Å². The maximum atomic E-state index is 12.1. The van der Waals surface area contributed by atoms with Crippen LogP contribution in [0.25, 0.3) is 11.0 Å². The first kappa shape index (κ1) is 24.3. The predicted octanol–water partition coefficient (Wildman–Crippen LogP) is 5.66. The van der Waals surface area contributed by atoms with E-state index in [1.807, 2.05) is 12.1 Å². The van der Waals surface area contributed by atoms with Crippen molar-refractivity contribution in [3.05, 3.63) is 101 Å². The molecule has 5 rings (SSSR count). The van der Waals surface area contributed by atoms with Crippen molar-refractivity contribution in [2.45, 2.75) is 58.0 Å². The highest BCUT2D eigenvalue weighted by atomic mass is 16.3. The molecule has 0 bridgehead atoms. The number of nitrogens with zero attached hydrogens (tertiary/aromatic N) is 2. The third-order valence-electron chi connectivity index (χ3n) is 7.51. The van der Waals surface area contributed by atoms with E-state index in [2.05, 4.69) is 83.6 Å². The molecule has 5 nitrogen and oxygen atoms in total. The molecule has 2 N–H and O–H groups in total. The molecule has 0 amide bonds. The quantitative estimate of drug-likeness (QED) is 0.307. The van der Waals surface area contributed by atoms with E-state index in [1.165, 1.54) is 35.1 Å². The summed E-state index contributed by atoms with van der Waals surface area (Å²) in [5, 5.41) is 18.8. The van der Waals surface area contributed by atoms with E-state index in [0.717, 1.165) is 17.5 Å². The number of para-hydroxylation sites is 2. The Morgan fingerprint density at radius 1 is 0.917 bits per heavy atom. The summed E-state index contributed by atoms with van der Waals surface area (Å²) >= 11 is 0. The van der Waals surface area contributed by atoms with Gasteiger partial charge in [-0.15, -0.1) is 0 Å². The van der Waals surface area contributed by atoms with Gasteiger partial charge in [0, 0.05) is 12.5 Å². The van der Waals surface area contributed by atoms with Gasteiger partial charge < -0.3 is 14.2 Å². The number of hydrogen-bond acceptors (Lipinski definition) is 3. The van der Waals surface area contributed by atoms with Crippen LogP contribution in [0, 0.1) is 25.2 Å². The fourth-order valence-corrected chi connectivity index (χ4v) is 5.40. The number of aliphatic hydroxyl groups excluding tert-OH is 1. The molecular formula is C31H35N3O2. The summed E-state index contributed by atoms with van der Waals surface area (Å²) < 4.78 is 4.34. The van der Waals surface area contributed by atoms with Crippen molar-refractivity contribution < 1.29 is 9.90 Å². The molecule has 3 aromatic carbocycles. The van der Waals surface area contributed by atoms with Gasteiger partial charge in [-0.3, -0.25) is 10.2 Å². The number of carbonyl (C=O) groups is 1. The van der Waals surface area contributed by atoms with Crippen LogP contribution in [0.1, 0.15) is 60.0 Å². The molecule has 0 spiro atoms. The summed E-state index contributed by atoms with van der Waals surface area (Å²) in [6.45, 7) is 3.75. The van der Waals surface area contributed by atoms with E-state index in [1.54, 1.807) is 0 Å². The number of nitrogens with one attached hydrogen (secondary N) is 1. The molecule has 1 aromatic heterocycles. The van der Waals surface area contributed by atoms with Crippen LogP contribution >= 0.6 is 0 Å². The van der Waals surface area contributed by atoms with Crippen LogP contribution in [0.4, 0.5) is 0 Å². The minimum absolute atomic E-state index is 0.0697. The summed E-state index contributed by atoms with van der Waals surface area (Å²) in [6, 6.07) is 25.6. The first-order valence-corrected chi connectivity index (χ1v) is 13.0. The lowest BCUT2D eigenvalue weighted by molar-refractivity contribution is -0.122. The van der Waals surface area contributed by atoms with Crippen molar-refractivity contribution in [1.82, 2.24) is 9.13 Å². The molecule has 5 heteroatoms. The summed E-state index contributed by atoms with van der Waals surface area (Å²) in [5.41, 5.74) is 7.43. The van der Waals surface area contributed by atoms with Crippen LogP contribution in [0.15, 0.2) is 72.8 Å². The number of aryl methyl sites for hydroxylation is 2. The first-order chi connectivity index (χ1) is 17.5. The van der Waals surface area contributed by atoms with E-state index in [0.29, 0.717) is 24.4 Å². The maximum Gasteiger partial charge on any atom is 0.203 e. The fraction of sp³-hybridized carbons (Fsp3) is 0.355. The van der Waals surface area contributed by atoms with Gasteiger partial charge >= 0.3 is 0 Å². The molecule has 1 saturated carbocycles. The number of carbonyl (C=O) groups excluding carboxylic acids is 1. The topological polar surface area (TPSA) is 71.0 Å². The number of ketones is 1. The molecular weight excluding hydrogens is 446 g/mol. The Balaban J connectivity index is 1.64. The lowest BCUT2D eigenvalue weighted by Crippen LogP contribution is -2.32. The molecule has 1 aliphatic rings. The number of fused-ring (bicyclic) bond motifs is 1. The third kappa shape index (κ3) is 4.93. The molecule has 186 valence electrons.